The Balaban J connectivity index is 3.45. The fraction of sp³-hybridized carbons (Fsp3) is 0.756. The minimum Gasteiger partial charge on any atom is -0.394 e. The molecule has 0 aliphatic carbocycles. The van der Waals surface area contributed by atoms with Gasteiger partial charge in [0.1, 0.15) is 18.0 Å². The van der Waals surface area contributed by atoms with E-state index in [4.69, 9.17) is 5.11 Å². The van der Waals surface area contributed by atoms with Crippen molar-refractivity contribution in [3.05, 3.63) is 48.6 Å². The lowest BCUT2D eigenvalue weighted by molar-refractivity contribution is -0.134. The first-order valence-electron chi connectivity index (χ1n) is 19.1. The number of carbonyl (C=O) groups excluding carboxylic acids is 2. The highest BCUT2D eigenvalue weighted by molar-refractivity contribution is 5.83. The Morgan fingerprint density at radius 2 is 0.848 bits per heavy atom. The van der Waals surface area contributed by atoms with Crippen LogP contribution in [-0.2, 0) is 9.59 Å². The molecule has 0 aromatic carbocycles. The highest BCUT2D eigenvalue weighted by atomic mass is 16.4. The average molecular weight is 645 g/mol. The number of ketones is 2. The molecule has 0 radical (unpaired) electrons. The van der Waals surface area contributed by atoms with Crippen LogP contribution < -0.4 is 0 Å². The van der Waals surface area contributed by atoms with E-state index in [1.54, 1.807) is 0 Å². The molecule has 0 saturated heterocycles. The van der Waals surface area contributed by atoms with E-state index < -0.39 is 24.6 Å². The number of unbranched alkanes of at least 4 members (excludes halogenated alkanes) is 18. The second-order valence-electron chi connectivity index (χ2n) is 13.0. The summed E-state index contributed by atoms with van der Waals surface area (Å²) in [6.07, 6.45) is 44.9. The summed E-state index contributed by atoms with van der Waals surface area (Å²) in [5.74, 6) is 0.0309. The van der Waals surface area contributed by atoms with Gasteiger partial charge in [0.2, 0.25) is 0 Å². The van der Waals surface area contributed by atoms with E-state index >= 15 is 0 Å². The lowest BCUT2D eigenvalue weighted by Crippen LogP contribution is -2.36. The topological polar surface area (TPSA) is 94.8 Å². The Kier molecular flexibility index (Phi) is 34.6. The van der Waals surface area contributed by atoms with E-state index in [1.165, 1.54) is 89.9 Å². The van der Waals surface area contributed by atoms with E-state index in [0.717, 1.165) is 70.6 Å². The maximum absolute atomic E-state index is 12.2. The van der Waals surface area contributed by atoms with E-state index in [9.17, 15) is 19.8 Å². The van der Waals surface area contributed by atoms with Crippen LogP contribution in [0.15, 0.2) is 48.6 Å². The van der Waals surface area contributed by atoms with Crippen molar-refractivity contribution in [2.24, 2.45) is 0 Å². The van der Waals surface area contributed by atoms with Crippen molar-refractivity contribution in [1.82, 2.24) is 0 Å². The average Bonchev–Trinajstić information content (AvgIpc) is 3.06. The van der Waals surface area contributed by atoms with Gasteiger partial charge in [-0.05, 0) is 57.8 Å². The zero-order valence-corrected chi connectivity index (χ0v) is 29.7. The Hall–Kier alpha value is -1.82. The van der Waals surface area contributed by atoms with Gasteiger partial charge in [0.05, 0.1) is 6.61 Å². The minimum absolute atomic E-state index is 0.193. The van der Waals surface area contributed by atoms with Crippen LogP contribution in [0.3, 0.4) is 0 Å². The summed E-state index contributed by atoms with van der Waals surface area (Å²) in [6, 6.07) is 0. The van der Waals surface area contributed by atoms with Crippen LogP contribution in [0.25, 0.3) is 0 Å². The molecule has 0 bridgehead atoms. The molecule has 266 valence electrons. The molecule has 0 saturated carbocycles. The van der Waals surface area contributed by atoms with E-state index in [-0.39, 0.29) is 6.42 Å². The Labute approximate surface area is 283 Å². The van der Waals surface area contributed by atoms with Gasteiger partial charge in [0.15, 0.2) is 5.78 Å². The molecule has 46 heavy (non-hydrogen) atoms. The summed E-state index contributed by atoms with van der Waals surface area (Å²) in [6.45, 7) is 1.67. The van der Waals surface area contributed by atoms with E-state index in [2.05, 4.69) is 49.5 Å². The zero-order valence-electron chi connectivity index (χ0n) is 29.7. The van der Waals surface area contributed by atoms with E-state index in [0.29, 0.717) is 12.2 Å². The van der Waals surface area contributed by atoms with Gasteiger partial charge < -0.3 is 15.3 Å². The maximum Gasteiger partial charge on any atom is 0.164 e. The molecular formula is C41H72O5. The molecule has 3 N–H and O–H groups in total. The normalized spacial score (nSPS) is 13.6. The second-order valence-corrected chi connectivity index (χ2v) is 13.0. The molecule has 0 spiro atoms. The van der Waals surface area contributed by atoms with Gasteiger partial charge in [-0.2, -0.15) is 0 Å². The summed E-state index contributed by atoms with van der Waals surface area (Å²) in [5, 5.41) is 27.5. The number of carbonyl (C=O) groups is 2. The van der Waals surface area contributed by atoms with Crippen LogP contribution in [0.1, 0.15) is 180 Å². The van der Waals surface area contributed by atoms with Gasteiger partial charge in [0, 0.05) is 19.3 Å². The molecular weight excluding hydrogens is 572 g/mol. The summed E-state index contributed by atoms with van der Waals surface area (Å²) in [7, 11) is 0. The zero-order chi connectivity index (χ0) is 33.8. The first-order valence-corrected chi connectivity index (χ1v) is 19.1. The van der Waals surface area contributed by atoms with Crippen molar-refractivity contribution in [3.63, 3.8) is 0 Å². The largest absolute Gasteiger partial charge is 0.394 e. The summed E-state index contributed by atoms with van der Waals surface area (Å²) in [4.78, 5) is 23.8. The summed E-state index contributed by atoms with van der Waals surface area (Å²) >= 11 is 0. The van der Waals surface area contributed by atoms with Crippen LogP contribution in [0, 0.1) is 0 Å². The molecule has 5 nitrogen and oxygen atoms in total. The maximum atomic E-state index is 12.2. The Morgan fingerprint density at radius 3 is 1.28 bits per heavy atom. The van der Waals surface area contributed by atoms with Gasteiger partial charge in [-0.3, -0.25) is 9.59 Å². The molecule has 0 aromatic rings. The van der Waals surface area contributed by atoms with Gasteiger partial charge >= 0.3 is 0 Å². The van der Waals surface area contributed by atoms with Crippen LogP contribution in [0.2, 0.25) is 0 Å². The fourth-order valence-corrected chi connectivity index (χ4v) is 5.48. The third-order valence-electron chi connectivity index (χ3n) is 8.54. The Morgan fingerprint density at radius 1 is 0.478 bits per heavy atom. The van der Waals surface area contributed by atoms with Crippen LogP contribution >= 0.6 is 0 Å². The molecule has 0 aliphatic rings. The standard InChI is InChI=1S/C41H72O5/c1-2-3-4-5-6-7-8-9-13-16-19-22-25-28-31-34-38(43)35-32-29-26-23-20-17-14-11-10-12-15-18-21-24-27-30-33-36-39(44)41(46)40(45)37-42/h10-11,15,17-18,20,24,27,40-42,45-46H,2-9,12-14,16,19,21-23,25-26,28-37H2,1H3/b11-10-,18-15-,20-17-,27-24-. The third-order valence-corrected chi connectivity index (χ3v) is 8.54. The number of aliphatic hydroxyl groups is 3. The molecule has 5 heteroatoms. The van der Waals surface area contributed by atoms with Gasteiger partial charge in [-0.25, -0.2) is 0 Å². The molecule has 0 aliphatic heterocycles. The molecule has 0 fully saturated rings. The van der Waals surface area contributed by atoms with Crippen molar-refractivity contribution >= 4 is 11.6 Å². The van der Waals surface area contributed by atoms with Crippen LogP contribution in [0.4, 0.5) is 0 Å². The number of Topliss-reactive ketones (excluding diaryl/α,β-unsaturated/α-hetero) is 2. The number of hydrogen-bond acceptors (Lipinski definition) is 5. The molecule has 2 unspecified atom stereocenters. The fourth-order valence-electron chi connectivity index (χ4n) is 5.48. The first kappa shape index (κ1) is 44.2. The van der Waals surface area contributed by atoms with Crippen molar-refractivity contribution in [2.45, 2.75) is 192 Å². The smallest absolute Gasteiger partial charge is 0.164 e. The molecule has 2 atom stereocenters. The van der Waals surface area contributed by atoms with Crippen molar-refractivity contribution < 1.29 is 24.9 Å². The summed E-state index contributed by atoms with van der Waals surface area (Å²) < 4.78 is 0. The second kappa shape index (κ2) is 36.0. The van der Waals surface area contributed by atoms with Crippen molar-refractivity contribution in [2.75, 3.05) is 6.61 Å². The number of hydrogen-bond donors (Lipinski definition) is 3. The van der Waals surface area contributed by atoms with Crippen LogP contribution in [-0.4, -0.2) is 45.7 Å². The molecule has 0 heterocycles. The predicted octanol–water partition coefficient (Wildman–Crippen LogP) is 10.6. The van der Waals surface area contributed by atoms with Crippen molar-refractivity contribution in [3.8, 4) is 0 Å². The lowest BCUT2D eigenvalue weighted by Gasteiger charge is -2.13. The third kappa shape index (κ3) is 32.1. The summed E-state index contributed by atoms with van der Waals surface area (Å²) in [5.41, 5.74) is 0. The minimum atomic E-state index is -1.49. The van der Waals surface area contributed by atoms with Gasteiger partial charge in [0.25, 0.3) is 0 Å². The lowest BCUT2D eigenvalue weighted by atomic mass is 10.0. The van der Waals surface area contributed by atoms with Crippen molar-refractivity contribution in [1.29, 1.82) is 0 Å². The highest BCUT2D eigenvalue weighted by Gasteiger charge is 2.22. The highest BCUT2D eigenvalue weighted by Crippen LogP contribution is 2.14. The SMILES string of the molecule is CCCCCCCCCCCCCCCCCC(=O)CCCCC/C=C\C/C=C\C/C=C\C/C=C\CCCC(=O)C(O)C(O)CO. The molecule has 0 rings (SSSR count). The van der Waals surface area contributed by atoms with E-state index in [1.807, 2.05) is 6.08 Å². The van der Waals surface area contributed by atoms with Crippen LogP contribution in [0.5, 0.6) is 0 Å². The molecule has 0 aromatic heterocycles. The molecule has 0 amide bonds. The Bertz CT molecular complexity index is 797. The number of allylic oxidation sites excluding steroid dienone is 8. The van der Waals surface area contributed by atoms with Gasteiger partial charge in [-0.1, -0.05) is 152 Å². The quantitative estimate of drug-likeness (QED) is 0.0471. The van der Waals surface area contributed by atoms with Gasteiger partial charge in [-0.15, -0.1) is 0 Å². The first-order chi connectivity index (χ1) is 22.5. The monoisotopic (exact) mass is 645 g/mol. The number of rotatable bonds is 35. The predicted molar refractivity (Wildman–Crippen MR) is 196 cm³/mol. The number of aliphatic hydroxyl groups excluding tert-OH is 3.